The van der Waals surface area contributed by atoms with E-state index < -0.39 is 0 Å². The van der Waals surface area contributed by atoms with Gasteiger partial charge in [-0.3, -0.25) is 0 Å². The van der Waals surface area contributed by atoms with E-state index >= 15 is 0 Å². The van der Waals surface area contributed by atoms with Crippen LogP contribution in [0.4, 0.5) is 11.9 Å². The van der Waals surface area contributed by atoms with E-state index in [2.05, 4.69) is 41.2 Å². The van der Waals surface area contributed by atoms with Gasteiger partial charge in [0.25, 0.3) is 0 Å². The normalized spacial score (nSPS) is 21.2. The zero-order chi connectivity index (χ0) is 18.7. The van der Waals surface area contributed by atoms with E-state index in [9.17, 15) is 0 Å². The highest BCUT2D eigenvalue weighted by molar-refractivity contribution is 9.10. The molecule has 28 heavy (non-hydrogen) atoms. The van der Waals surface area contributed by atoms with Gasteiger partial charge in [-0.2, -0.15) is 19.6 Å². The molecule has 2 aliphatic rings. The molecule has 142 valence electrons. The maximum atomic E-state index is 5.71. The third-order valence-electron chi connectivity index (χ3n) is 5.32. The maximum Gasteiger partial charge on any atom is 0.231 e. The molecule has 1 aromatic carbocycles. The Morgan fingerprint density at radius 3 is 3.00 bits per heavy atom. The van der Waals surface area contributed by atoms with E-state index in [1.807, 2.05) is 24.3 Å². The summed E-state index contributed by atoms with van der Waals surface area (Å²) in [6, 6.07) is 8.33. The zero-order valence-corrected chi connectivity index (χ0v) is 16.4. The minimum Gasteiger partial charge on any atom is -0.374 e. The van der Waals surface area contributed by atoms with Gasteiger partial charge in [0.15, 0.2) is 5.65 Å². The molecule has 10 heteroatoms. The lowest BCUT2D eigenvalue weighted by molar-refractivity contribution is 0.0986. The van der Waals surface area contributed by atoms with Crippen molar-refractivity contribution in [2.24, 2.45) is 0 Å². The topological polar surface area (TPSA) is 96.3 Å². The number of hydrogen-bond donors (Lipinski definition) is 2. The van der Waals surface area contributed by atoms with Crippen molar-refractivity contribution >= 4 is 44.5 Å². The van der Waals surface area contributed by atoms with Crippen LogP contribution in [0.2, 0.25) is 0 Å². The van der Waals surface area contributed by atoms with E-state index in [4.69, 9.17) is 14.7 Å². The third-order valence-corrected chi connectivity index (χ3v) is 5.88. The number of aromatic nitrogens is 6. The molecule has 2 aliphatic heterocycles. The lowest BCUT2D eigenvalue weighted by Crippen LogP contribution is -2.38. The molecule has 0 aliphatic carbocycles. The van der Waals surface area contributed by atoms with Crippen molar-refractivity contribution in [1.82, 2.24) is 29.5 Å². The molecule has 0 amide bonds. The third kappa shape index (κ3) is 2.55. The van der Waals surface area contributed by atoms with E-state index in [0.29, 0.717) is 24.5 Å². The molecule has 2 fully saturated rings. The number of ether oxygens (including phenoxy) is 1. The average molecular weight is 441 g/mol. The Morgan fingerprint density at radius 1 is 1.25 bits per heavy atom. The molecule has 5 heterocycles. The van der Waals surface area contributed by atoms with E-state index in [1.54, 1.807) is 10.7 Å². The Kier molecular flexibility index (Phi) is 3.57. The molecule has 2 unspecified atom stereocenters. The first kappa shape index (κ1) is 16.3. The van der Waals surface area contributed by atoms with Gasteiger partial charge in [-0.1, -0.05) is 12.1 Å². The molecular weight excluding hydrogens is 424 g/mol. The van der Waals surface area contributed by atoms with Gasteiger partial charge in [0.1, 0.15) is 5.82 Å². The van der Waals surface area contributed by atoms with E-state index in [1.165, 1.54) is 0 Å². The Hall–Kier alpha value is -2.72. The standard InChI is InChI=1S/C18H17BrN8O/c19-12-6-21-27-16(12)24-18(26-8-11-5-10(26)9-28-11)25-17(27)20-7-15-22-13-3-1-2-4-14(13)23-15/h1-4,6,10-11H,5,7-9H2,(H,22,23)(H,20,24,25). The van der Waals surface area contributed by atoms with Crippen molar-refractivity contribution in [1.29, 1.82) is 0 Å². The molecule has 0 spiro atoms. The molecule has 2 saturated heterocycles. The van der Waals surface area contributed by atoms with Crippen molar-refractivity contribution in [2.45, 2.75) is 25.1 Å². The predicted molar refractivity (Wildman–Crippen MR) is 107 cm³/mol. The number of morpholine rings is 1. The summed E-state index contributed by atoms with van der Waals surface area (Å²) in [5.41, 5.74) is 2.70. The molecule has 3 aromatic heterocycles. The summed E-state index contributed by atoms with van der Waals surface area (Å²) < 4.78 is 8.26. The number of imidazole rings is 1. The fraction of sp³-hybridized carbons (Fsp3) is 0.333. The van der Waals surface area contributed by atoms with Crippen LogP contribution in [0.1, 0.15) is 12.2 Å². The van der Waals surface area contributed by atoms with Gasteiger partial charge < -0.3 is 19.9 Å². The second-order valence-electron chi connectivity index (χ2n) is 7.13. The number of para-hydroxylation sites is 2. The summed E-state index contributed by atoms with van der Waals surface area (Å²) in [5, 5.41) is 7.76. The lowest BCUT2D eigenvalue weighted by atomic mass is 10.2. The number of hydrogen-bond acceptors (Lipinski definition) is 7. The molecule has 6 rings (SSSR count). The number of H-pyrrole nitrogens is 1. The SMILES string of the molecule is Brc1cnn2c(NCc3nc4ccccc4[nH]3)nc(N3CC4CC3CO4)nc12. The molecule has 0 radical (unpaired) electrons. The van der Waals surface area contributed by atoms with Crippen molar-refractivity contribution in [3.8, 4) is 0 Å². The molecular formula is C18H17BrN8O. The molecule has 4 aromatic rings. The van der Waals surface area contributed by atoms with Crippen molar-refractivity contribution in [2.75, 3.05) is 23.4 Å². The van der Waals surface area contributed by atoms with Crippen LogP contribution in [-0.4, -0.2) is 54.8 Å². The molecule has 0 saturated carbocycles. The molecule has 9 nitrogen and oxygen atoms in total. The van der Waals surface area contributed by atoms with Gasteiger partial charge in [-0.15, -0.1) is 0 Å². The van der Waals surface area contributed by atoms with Gasteiger partial charge in [0.05, 0.1) is 47.0 Å². The minimum atomic E-state index is 0.283. The summed E-state index contributed by atoms with van der Waals surface area (Å²) >= 11 is 3.54. The maximum absolute atomic E-state index is 5.71. The largest absolute Gasteiger partial charge is 0.374 e. The first-order chi connectivity index (χ1) is 13.7. The van der Waals surface area contributed by atoms with Gasteiger partial charge in [-0.25, -0.2) is 4.98 Å². The Bertz CT molecular complexity index is 1150. The molecule has 2 atom stereocenters. The number of fused-ring (bicyclic) bond motifs is 4. The number of nitrogens with zero attached hydrogens (tertiary/aromatic N) is 6. The number of anilines is 2. The minimum absolute atomic E-state index is 0.283. The van der Waals surface area contributed by atoms with Crippen LogP contribution in [0.25, 0.3) is 16.7 Å². The summed E-state index contributed by atoms with van der Waals surface area (Å²) in [7, 11) is 0. The second-order valence-corrected chi connectivity index (χ2v) is 7.98. The van der Waals surface area contributed by atoms with E-state index in [0.717, 1.165) is 46.6 Å². The summed E-state index contributed by atoms with van der Waals surface area (Å²) in [5.74, 6) is 2.18. The lowest BCUT2D eigenvalue weighted by Gasteiger charge is -2.27. The fourth-order valence-corrected chi connectivity index (χ4v) is 4.33. The summed E-state index contributed by atoms with van der Waals surface area (Å²) in [6.07, 6.45) is 3.06. The number of nitrogens with one attached hydrogen (secondary N) is 2. The van der Waals surface area contributed by atoms with Gasteiger partial charge in [0.2, 0.25) is 11.9 Å². The first-order valence-electron chi connectivity index (χ1n) is 9.21. The van der Waals surface area contributed by atoms with Crippen LogP contribution in [0.15, 0.2) is 34.9 Å². The number of halogens is 1. The van der Waals surface area contributed by atoms with Gasteiger partial charge in [-0.05, 0) is 34.5 Å². The monoisotopic (exact) mass is 440 g/mol. The highest BCUT2D eigenvalue weighted by Gasteiger charge is 2.40. The highest BCUT2D eigenvalue weighted by Crippen LogP contribution is 2.32. The average Bonchev–Trinajstić information content (AvgIpc) is 3.49. The Morgan fingerprint density at radius 2 is 2.18 bits per heavy atom. The number of benzene rings is 1. The summed E-state index contributed by atoms with van der Waals surface area (Å²) in [6.45, 7) is 2.07. The fourth-order valence-electron chi connectivity index (χ4n) is 3.98. The number of rotatable bonds is 4. The molecule has 2 N–H and O–H groups in total. The first-order valence-corrected chi connectivity index (χ1v) is 10.0. The quantitative estimate of drug-likeness (QED) is 0.502. The Balaban J connectivity index is 1.34. The van der Waals surface area contributed by atoms with Crippen LogP contribution in [0.5, 0.6) is 0 Å². The van der Waals surface area contributed by atoms with Gasteiger partial charge >= 0.3 is 0 Å². The van der Waals surface area contributed by atoms with Crippen LogP contribution in [0, 0.1) is 0 Å². The van der Waals surface area contributed by atoms with Crippen LogP contribution in [-0.2, 0) is 11.3 Å². The second kappa shape index (κ2) is 6.14. The smallest absolute Gasteiger partial charge is 0.231 e. The van der Waals surface area contributed by atoms with Crippen LogP contribution < -0.4 is 10.2 Å². The van der Waals surface area contributed by atoms with Gasteiger partial charge in [0, 0.05) is 6.54 Å². The van der Waals surface area contributed by atoms with Crippen molar-refractivity contribution < 1.29 is 4.74 Å². The van der Waals surface area contributed by atoms with Crippen molar-refractivity contribution in [3.05, 3.63) is 40.8 Å². The van der Waals surface area contributed by atoms with Crippen LogP contribution >= 0.6 is 15.9 Å². The van der Waals surface area contributed by atoms with Crippen molar-refractivity contribution in [3.63, 3.8) is 0 Å². The predicted octanol–water partition coefficient (Wildman–Crippen LogP) is 2.35. The van der Waals surface area contributed by atoms with Crippen LogP contribution in [0.3, 0.4) is 0 Å². The molecule has 2 bridgehead atoms. The Labute approximate surface area is 168 Å². The highest BCUT2D eigenvalue weighted by atomic mass is 79.9. The summed E-state index contributed by atoms with van der Waals surface area (Å²) in [4.78, 5) is 19.7. The zero-order valence-electron chi connectivity index (χ0n) is 14.8. The number of aromatic amines is 1. The van der Waals surface area contributed by atoms with E-state index in [-0.39, 0.29) is 6.10 Å².